The van der Waals surface area contributed by atoms with E-state index in [-0.39, 0.29) is 11.9 Å². The van der Waals surface area contributed by atoms with Crippen LogP contribution < -0.4 is 15.4 Å². The molecule has 2 aromatic rings. The van der Waals surface area contributed by atoms with Crippen molar-refractivity contribution in [3.63, 3.8) is 0 Å². The van der Waals surface area contributed by atoms with E-state index in [0.717, 1.165) is 18.7 Å². The Hall–Kier alpha value is -2.49. The van der Waals surface area contributed by atoms with Gasteiger partial charge in [-0.2, -0.15) is 0 Å². The Morgan fingerprint density at radius 3 is 2.77 bits per heavy atom. The van der Waals surface area contributed by atoms with Gasteiger partial charge in [-0.05, 0) is 30.2 Å². The predicted molar refractivity (Wildman–Crippen MR) is 87.1 cm³/mol. The Labute approximate surface area is 130 Å². The molecule has 22 heavy (non-hydrogen) atoms. The lowest BCUT2D eigenvalue weighted by atomic mass is 10.00. The number of benzene rings is 2. The molecule has 0 spiro atoms. The number of hydrogen-bond acceptors (Lipinski definition) is 3. The van der Waals surface area contributed by atoms with Gasteiger partial charge in [0.25, 0.3) is 0 Å². The van der Waals surface area contributed by atoms with Gasteiger partial charge < -0.3 is 15.4 Å². The van der Waals surface area contributed by atoms with Crippen LogP contribution in [0.5, 0.6) is 5.75 Å². The SMILES string of the molecule is O=C(CCOc1ccccc1)NC1CNc2ccccc2C1. The third-order valence-electron chi connectivity index (χ3n) is 3.73. The summed E-state index contributed by atoms with van der Waals surface area (Å²) in [5.41, 5.74) is 2.42. The molecule has 2 N–H and O–H groups in total. The quantitative estimate of drug-likeness (QED) is 0.891. The van der Waals surface area contributed by atoms with Gasteiger partial charge in [-0.15, -0.1) is 0 Å². The van der Waals surface area contributed by atoms with Gasteiger partial charge in [0, 0.05) is 12.2 Å². The number of carbonyl (C=O) groups excluding carboxylic acids is 1. The summed E-state index contributed by atoms with van der Waals surface area (Å²) in [5, 5.41) is 6.42. The fraction of sp³-hybridized carbons (Fsp3) is 0.278. The molecule has 0 saturated heterocycles. The fourth-order valence-corrected chi connectivity index (χ4v) is 2.62. The average molecular weight is 296 g/mol. The number of nitrogens with one attached hydrogen (secondary N) is 2. The Bertz CT molecular complexity index is 628. The summed E-state index contributed by atoms with van der Waals surface area (Å²) in [6, 6.07) is 17.9. The molecule has 1 aliphatic rings. The second kappa shape index (κ2) is 6.98. The van der Waals surface area contributed by atoms with Crippen molar-refractivity contribution in [2.45, 2.75) is 18.9 Å². The van der Waals surface area contributed by atoms with E-state index in [4.69, 9.17) is 4.74 Å². The van der Waals surface area contributed by atoms with Crippen molar-refractivity contribution in [3.05, 3.63) is 60.2 Å². The maximum absolute atomic E-state index is 12.0. The van der Waals surface area contributed by atoms with Crippen LogP contribution in [0, 0.1) is 0 Å². The van der Waals surface area contributed by atoms with Crippen molar-refractivity contribution in [1.29, 1.82) is 0 Å². The van der Waals surface area contributed by atoms with Crippen molar-refractivity contribution in [2.75, 3.05) is 18.5 Å². The molecule has 2 aromatic carbocycles. The normalized spacial score (nSPS) is 16.3. The van der Waals surface area contributed by atoms with Crippen molar-refractivity contribution < 1.29 is 9.53 Å². The number of rotatable bonds is 5. The van der Waals surface area contributed by atoms with Gasteiger partial charge >= 0.3 is 0 Å². The minimum atomic E-state index is 0.0297. The molecule has 1 amide bonds. The van der Waals surface area contributed by atoms with Gasteiger partial charge in [0.05, 0.1) is 19.1 Å². The summed E-state index contributed by atoms with van der Waals surface area (Å²) in [6.45, 7) is 1.16. The molecule has 0 aromatic heterocycles. The molecule has 1 unspecified atom stereocenters. The van der Waals surface area contributed by atoms with Crippen molar-refractivity contribution in [3.8, 4) is 5.75 Å². The summed E-state index contributed by atoms with van der Waals surface area (Å²) in [4.78, 5) is 12.0. The Kier molecular flexibility index (Phi) is 4.59. The van der Waals surface area contributed by atoms with E-state index in [1.165, 1.54) is 11.3 Å². The molecule has 114 valence electrons. The van der Waals surface area contributed by atoms with Crippen LogP contribution >= 0.6 is 0 Å². The van der Waals surface area contributed by atoms with E-state index in [0.29, 0.717) is 13.0 Å². The first-order valence-corrected chi connectivity index (χ1v) is 7.60. The summed E-state index contributed by atoms with van der Waals surface area (Å²) in [7, 11) is 0. The molecule has 0 radical (unpaired) electrons. The van der Waals surface area contributed by atoms with Crippen molar-refractivity contribution in [1.82, 2.24) is 5.32 Å². The Morgan fingerprint density at radius 2 is 1.91 bits per heavy atom. The smallest absolute Gasteiger partial charge is 0.223 e. The van der Waals surface area contributed by atoms with Crippen LogP contribution in [0.15, 0.2) is 54.6 Å². The molecule has 1 aliphatic heterocycles. The maximum atomic E-state index is 12.0. The molecular formula is C18H20N2O2. The largest absolute Gasteiger partial charge is 0.493 e. The number of carbonyl (C=O) groups is 1. The molecule has 0 fully saturated rings. The van der Waals surface area contributed by atoms with Crippen molar-refractivity contribution >= 4 is 11.6 Å². The number of hydrogen-bond donors (Lipinski definition) is 2. The average Bonchev–Trinajstić information content (AvgIpc) is 2.56. The van der Waals surface area contributed by atoms with E-state index in [9.17, 15) is 4.79 Å². The topological polar surface area (TPSA) is 50.4 Å². The molecule has 1 heterocycles. The van der Waals surface area contributed by atoms with Crippen molar-refractivity contribution in [2.24, 2.45) is 0 Å². The lowest BCUT2D eigenvalue weighted by Gasteiger charge is -2.26. The van der Waals surface area contributed by atoms with E-state index < -0.39 is 0 Å². The van der Waals surface area contributed by atoms with Crippen LogP contribution in [-0.4, -0.2) is 25.1 Å². The second-order valence-corrected chi connectivity index (χ2v) is 5.42. The zero-order valence-corrected chi connectivity index (χ0v) is 12.4. The van der Waals surface area contributed by atoms with Gasteiger partial charge in [0.15, 0.2) is 0 Å². The zero-order valence-electron chi connectivity index (χ0n) is 12.4. The van der Waals surface area contributed by atoms with Gasteiger partial charge in [-0.3, -0.25) is 4.79 Å². The maximum Gasteiger partial charge on any atom is 0.223 e. The van der Waals surface area contributed by atoms with E-state index in [2.05, 4.69) is 22.8 Å². The zero-order chi connectivity index (χ0) is 15.2. The summed E-state index contributed by atoms with van der Waals surface area (Å²) >= 11 is 0. The number of amides is 1. The van der Waals surface area contributed by atoms with Gasteiger partial charge in [0.2, 0.25) is 5.91 Å². The summed E-state index contributed by atoms with van der Waals surface area (Å²) < 4.78 is 5.55. The molecule has 3 rings (SSSR count). The van der Waals surface area contributed by atoms with Gasteiger partial charge in [0.1, 0.15) is 5.75 Å². The summed E-state index contributed by atoms with van der Waals surface area (Å²) in [6.07, 6.45) is 1.24. The van der Waals surface area contributed by atoms with E-state index >= 15 is 0 Å². The highest BCUT2D eigenvalue weighted by Gasteiger charge is 2.19. The van der Waals surface area contributed by atoms with E-state index in [1.807, 2.05) is 42.5 Å². The number of para-hydroxylation sites is 2. The molecule has 4 nitrogen and oxygen atoms in total. The Balaban J connectivity index is 1.43. The van der Waals surface area contributed by atoms with Crippen LogP contribution in [0.3, 0.4) is 0 Å². The first-order valence-electron chi connectivity index (χ1n) is 7.60. The fourth-order valence-electron chi connectivity index (χ4n) is 2.62. The summed E-state index contributed by atoms with van der Waals surface area (Å²) in [5.74, 6) is 0.825. The highest BCUT2D eigenvalue weighted by molar-refractivity contribution is 5.76. The van der Waals surface area contributed by atoms with Crippen LogP contribution in [-0.2, 0) is 11.2 Å². The molecule has 0 saturated carbocycles. The van der Waals surface area contributed by atoms with Crippen LogP contribution in [0.1, 0.15) is 12.0 Å². The number of anilines is 1. The van der Waals surface area contributed by atoms with Gasteiger partial charge in [-0.1, -0.05) is 36.4 Å². The lowest BCUT2D eigenvalue weighted by molar-refractivity contribution is -0.122. The molecule has 1 atom stereocenters. The lowest BCUT2D eigenvalue weighted by Crippen LogP contribution is -2.43. The first-order chi connectivity index (χ1) is 10.8. The highest BCUT2D eigenvalue weighted by Crippen LogP contribution is 2.21. The number of ether oxygens (including phenoxy) is 1. The van der Waals surface area contributed by atoms with Crippen LogP contribution in [0.2, 0.25) is 0 Å². The monoisotopic (exact) mass is 296 g/mol. The highest BCUT2D eigenvalue weighted by atomic mass is 16.5. The molecular weight excluding hydrogens is 276 g/mol. The van der Waals surface area contributed by atoms with Crippen LogP contribution in [0.4, 0.5) is 5.69 Å². The van der Waals surface area contributed by atoms with E-state index in [1.54, 1.807) is 0 Å². The third kappa shape index (κ3) is 3.79. The third-order valence-corrected chi connectivity index (χ3v) is 3.73. The van der Waals surface area contributed by atoms with Crippen LogP contribution in [0.25, 0.3) is 0 Å². The molecule has 4 heteroatoms. The van der Waals surface area contributed by atoms with Gasteiger partial charge in [-0.25, -0.2) is 0 Å². The molecule has 0 bridgehead atoms. The second-order valence-electron chi connectivity index (χ2n) is 5.42. The first kappa shape index (κ1) is 14.4. The standard InChI is InChI=1S/C18H20N2O2/c21-18(10-11-22-16-7-2-1-3-8-16)20-15-12-14-6-4-5-9-17(14)19-13-15/h1-9,15,19H,10-13H2,(H,20,21). The minimum absolute atomic E-state index is 0.0297. The molecule has 0 aliphatic carbocycles. The minimum Gasteiger partial charge on any atom is -0.493 e. The Morgan fingerprint density at radius 1 is 1.14 bits per heavy atom. The predicted octanol–water partition coefficient (Wildman–Crippen LogP) is 2.61. The number of fused-ring (bicyclic) bond motifs is 1.